The van der Waals surface area contributed by atoms with E-state index < -0.39 is 0 Å². The molecule has 0 saturated heterocycles. The number of hydrogen-bond acceptors (Lipinski definition) is 6. The van der Waals surface area contributed by atoms with Crippen LogP contribution in [0, 0.1) is 0 Å². The Morgan fingerprint density at radius 3 is 2.39 bits per heavy atom. The van der Waals surface area contributed by atoms with Gasteiger partial charge < -0.3 is 19.5 Å². The van der Waals surface area contributed by atoms with Crippen molar-refractivity contribution in [2.75, 3.05) is 27.9 Å². The van der Waals surface area contributed by atoms with Gasteiger partial charge in [-0.25, -0.2) is 0 Å². The van der Waals surface area contributed by atoms with Crippen LogP contribution in [0.3, 0.4) is 0 Å². The summed E-state index contributed by atoms with van der Waals surface area (Å²) in [5.41, 5.74) is 2.02. The summed E-state index contributed by atoms with van der Waals surface area (Å²) in [6, 6.07) is 10.8. The molecule has 3 rings (SSSR count). The van der Waals surface area contributed by atoms with Crippen LogP contribution in [0.4, 0.5) is 0 Å². The van der Waals surface area contributed by atoms with Crippen molar-refractivity contribution < 1.29 is 19.0 Å². The number of pyridine rings is 1. The molecule has 8 heteroatoms. The van der Waals surface area contributed by atoms with E-state index in [1.165, 1.54) is 21.3 Å². The van der Waals surface area contributed by atoms with Gasteiger partial charge in [0.2, 0.25) is 5.75 Å². The molecule has 1 aromatic carbocycles. The minimum Gasteiger partial charge on any atom is -0.493 e. The Morgan fingerprint density at radius 2 is 1.79 bits per heavy atom. The second-order valence-electron chi connectivity index (χ2n) is 5.85. The number of aromatic nitrogens is 3. The first-order valence-electron chi connectivity index (χ1n) is 8.69. The van der Waals surface area contributed by atoms with Crippen molar-refractivity contribution in [2.24, 2.45) is 0 Å². The monoisotopic (exact) mass is 382 g/mol. The number of benzene rings is 1. The molecule has 8 nitrogen and oxygen atoms in total. The largest absolute Gasteiger partial charge is 0.493 e. The Hall–Kier alpha value is -3.55. The minimum atomic E-state index is -0.239. The Balaban J connectivity index is 1.63. The summed E-state index contributed by atoms with van der Waals surface area (Å²) in [5.74, 6) is 1.06. The van der Waals surface area contributed by atoms with Gasteiger partial charge in [0, 0.05) is 24.5 Å². The standard InChI is InChI=1S/C20H22N4O4/c1-26-17-12-14(13-18(27-2)19(17)28-3)20(25)22-9-11-24-10-7-16(23-24)15-6-4-5-8-21-15/h4-8,10,12-13H,9,11H2,1-3H3,(H,22,25). The molecular weight excluding hydrogens is 360 g/mol. The number of carbonyl (C=O) groups excluding carboxylic acids is 1. The van der Waals surface area contributed by atoms with Crippen LogP contribution in [0.1, 0.15) is 10.4 Å². The lowest BCUT2D eigenvalue weighted by molar-refractivity contribution is 0.0951. The average molecular weight is 382 g/mol. The van der Waals surface area contributed by atoms with E-state index in [0.29, 0.717) is 35.9 Å². The topological polar surface area (TPSA) is 87.5 Å². The van der Waals surface area contributed by atoms with Gasteiger partial charge in [-0.05, 0) is 30.3 Å². The molecule has 3 aromatic rings. The molecule has 146 valence electrons. The lowest BCUT2D eigenvalue weighted by Gasteiger charge is -2.14. The third kappa shape index (κ3) is 4.22. The maximum Gasteiger partial charge on any atom is 0.251 e. The third-order valence-corrected chi connectivity index (χ3v) is 4.12. The van der Waals surface area contributed by atoms with Crippen LogP contribution in [-0.2, 0) is 6.54 Å². The van der Waals surface area contributed by atoms with E-state index in [-0.39, 0.29) is 5.91 Å². The molecular formula is C20H22N4O4. The molecule has 0 bridgehead atoms. The number of ether oxygens (including phenoxy) is 3. The summed E-state index contributed by atoms with van der Waals surface area (Å²) < 4.78 is 17.6. The number of methoxy groups -OCH3 is 3. The van der Waals surface area contributed by atoms with Gasteiger partial charge in [-0.2, -0.15) is 5.10 Å². The highest BCUT2D eigenvalue weighted by molar-refractivity contribution is 5.95. The summed E-state index contributed by atoms with van der Waals surface area (Å²) in [6.07, 6.45) is 3.58. The highest BCUT2D eigenvalue weighted by Gasteiger charge is 2.16. The van der Waals surface area contributed by atoms with Gasteiger partial charge in [-0.3, -0.25) is 14.5 Å². The van der Waals surface area contributed by atoms with E-state index >= 15 is 0 Å². The van der Waals surface area contributed by atoms with Crippen molar-refractivity contribution in [1.29, 1.82) is 0 Å². The summed E-state index contributed by atoms with van der Waals surface area (Å²) in [6.45, 7) is 0.946. The summed E-state index contributed by atoms with van der Waals surface area (Å²) in [7, 11) is 4.54. The highest BCUT2D eigenvalue weighted by atomic mass is 16.5. The second-order valence-corrected chi connectivity index (χ2v) is 5.85. The normalized spacial score (nSPS) is 10.4. The van der Waals surface area contributed by atoms with Gasteiger partial charge in [-0.15, -0.1) is 0 Å². The predicted octanol–water partition coefficient (Wildman–Crippen LogP) is 2.40. The van der Waals surface area contributed by atoms with E-state index in [9.17, 15) is 4.79 Å². The van der Waals surface area contributed by atoms with Gasteiger partial charge in [0.05, 0.1) is 33.6 Å². The fourth-order valence-corrected chi connectivity index (χ4v) is 2.74. The summed E-state index contributed by atoms with van der Waals surface area (Å²) >= 11 is 0. The SMILES string of the molecule is COc1cc(C(=O)NCCn2ccc(-c3ccccn3)n2)cc(OC)c1OC. The summed E-state index contributed by atoms with van der Waals surface area (Å²) in [5, 5.41) is 7.34. The molecule has 1 amide bonds. The first-order chi connectivity index (χ1) is 13.7. The van der Waals surface area contributed by atoms with Gasteiger partial charge >= 0.3 is 0 Å². The first kappa shape index (κ1) is 19.2. The molecule has 0 aliphatic heterocycles. The Labute approximate surface area is 163 Å². The van der Waals surface area contributed by atoms with Crippen molar-refractivity contribution in [2.45, 2.75) is 6.54 Å². The average Bonchev–Trinajstić information content (AvgIpc) is 3.22. The molecule has 0 fully saturated rings. The summed E-state index contributed by atoms with van der Waals surface area (Å²) in [4.78, 5) is 16.8. The fourth-order valence-electron chi connectivity index (χ4n) is 2.74. The molecule has 0 atom stereocenters. The predicted molar refractivity (Wildman–Crippen MR) is 104 cm³/mol. The maximum atomic E-state index is 12.5. The Kier molecular flexibility index (Phi) is 6.11. The van der Waals surface area contributed by atoms with Gasteiger partial charge in [0.15, 0.2) is 11.5 Å². The Morgan fingerprint density at radius 1 is 1.04 bits per heavy atom. The zero-order chi connectivity index (χ0) is 19.9. The number of nitrogens with one attached hydrogen (secondary N) is 1. The number of nitrogens with zero attached hydrogens (tertiary/aromatic N) is 3. The molecule has 0 saturated carbocycles. The van der Waals surface area contributed by atoms with Crippen molar-refractivity contribution >= 4 is 5.91 Å². The maximum absolute atomic E-state index is 12.5. The molecule has 2 heterocycles. The molecule has 1 N–H and O–H groups in total. The van der Waals surface area contributed by atoms with Crippen molar-refractivity contribution in [1.82, 2.24) is 20.1 Å². The first-order valence-corrected chi connectivity index (χ1v) is 8.69. The van der Waals surface area contributed by atoms with Gasteiger partial charge in [0.25, 0.3) is 5.91 Å². The van der Waals surface area contributed by atoms with E-state index in [2.05, 4.69) is 15.4 Å². The van der Waals surface area contributed by atoms with Crippen LogP contribution in [0.15, 0.2) is 48.8 Å². The smallest absolute Gasteiger partial charge is 0.251 e. The molecule has 0 aliphatic carbocycles. The lowest BCUT2D eigenvalue weighted by Crippen LogP contribution is -2.27. The van der Waals surface area contributed by atoms with Crippen LogP contribution < -0.4 is 19.5 Å². The zero-order valence-electron chi connectivity index (χ0n) is 16.0. The van der Waals surface area contributed by atoms with Gasteiger partial charge in [0.1, 0.15) is 5.69 Å². The van der Waals surface area contributed by atoms with E-state index in [1.807, 2.05) is 30.5 Å². The number of hydrogen-bond donors (Lipinski definition) is 1. The van der Waals surface area contributed by atoms with Crippen LogP contribution in [0.5, 0.6) is 17.2 Å². The van der Waals surface area contributed by atoms with Gasteiger partial charge in [-0.1, -0.05) is 6.07 Å². The number of carbonyl (C=O) groups is 1. The fraction of sp³-hybridized carbons (Fsp3) is 0.250. The van der Waals surface area contributed by atoms with Crippen LogP contribution >= 0.6 is 0 Å². The highest BCUT2D eigenvalue weighted by Crippen LogP contribution is 2.38. The van der Waals surface area contributed by atoms with Crippen LogP contribution in [0.25, 0.3) is 11.4 Å². The molecule has 0 aliphatic rings. The van der Waals surface area contributed by atoms with Crippen molar-refractivity contribution in [3.8, 4) is 28.6 Å². The molecule has 0 unspecified atom stereocenters. The van der Waals surface area contributed by atoms with E-state index in [4.69, 9.17) is 14.2 Å². The third-order valence-electron chi connectivity index (χ3n) is 4.12. The Bertz CT molecular complexity index is 915. The van der Waals surface area contributed by atoms with E-state index in [1.54, 1.807) is 23.0 Å². The molecule has 28 heavy (non-hydrogen) atoms. The van der Waals surface area contributed by atoms with Crippen molar-refractivity contribution in [3.63, 3.8) is 0 Å². The zero-order valence-corrected chi connectivity index (χ0v) is 16.0. The lowest BCUT2D eigenvalue weighted by atomic mass is 10.1. The molecule has 0 radical (unpaired) electrons. The number of amides is 1. The van der Waals surface area contributed by atoms with Crippen LogP contribution in [-0.4, -0.2) is 48.5 Å². The molecule has 0 spiro atoms. The molecule has 2 aromatic heterocycles. The number of rotatable bonds is 8. The van der Waals surface area contributed by atoms with Crippen LogP contribution in [0.2, 0.25) is 0 Å². The minimum absolute atomic E-state index is 0.239. The van der Waals surface area contributed by atoms with Crippen molar-refractivity contribution in [3.05, 3.63) is 54.4 Å². The van der Waals surface area contributed by atoms with E-state index in [0.717, 1.165) is 11.4 Å². The quantitative estimate of drug-likeness (QED) is 0.644. The second kappa shape index (κ2) is 8.90.